The maximum atomic E-state index is 12.2. The first kappa shape index (κ1) is 12.8. The van der Waals surface area contributed by atoms with Crippen molar-refractivity contribution in [1.82, 2.24) is 4.90 Å². The van der Waals surface area contributed by atoms with Crippen molar-refractivity contribution in [2.24, 2.45) is 0 Å². The van der Waals surface area contributed by atoms with E-state index in [-0.39, 0.29) is 12.4 Å². The molecule has 98 valence electrons. The van der Waals surface area contributed by atoms with E-state index in [4.69, 9.17) is 0 Å². The maximum Gasteiger partial charge on any atom is 0.269 e. The second-order valence-corrected chi connectivity index (χ2v) is 4.29. The van der Waals surface area contributed by atoms with E-state index in [1.165, 1.54) is 12.1 Å². The molecule has 0 N–H and O–H groups in total. The minimum Gasteiger partial charge on any atom is -0.369 e. The summed E-state index contributed by atoms with van der Waals surface area (Å²) in [5.74, 6) is 0. The van der Waals surface area contributed by atoms with Gasteiger partial charge in [0.05, 0.1) is 4.92 Å². The van der Waals surface area contributed by atoms with Gasteiger partial charge in [0.25, 0.3) is 5.69 Å². The number of rotatable bonds is 4. The number of nitro benzene ring substituents is 1. The summed E-state index contributed by atoms with van der Waals surface area (Å²) in [6.45, 7) is 3.52. The summed E-state index contributed by atoms with van der Waals surface area (Å²) >= 11 is 0. The Labute approximate surface area is 105 Å². The number of nitro groups is 1. The van der Waals surface area contributed by atoms with Gasteiger partial charge in [0.15, 0.2) is 0 Å². The van der Waals surface area contributed by atoms with Crippen LogP contribution in [0.2, 0.25) is 0 Å². The molecule has 0 spiro atoms. The standard InChI is InChI=1S/C12H16FN3O2/c13-5-6-14-7-9-15(10-8-14)11-1-3-12(4-2-11)16(17)18/h1-4H,5-10H2. The number of hydrogen-bond acceptors (Lipinski definition) is 4. The highest BCUT2D eigenvalue weighted by Gasteiger charge is 2.17. The van der Waals surface area contributed by atoms with Gasteiger partial charge in [-0.05, 0) is 12.1 Å². The van der Waals surface area contributed by atoms with E-state index in [0.717, 1.165) is 31.9 Å². The number of non-ortho nitro benzene ring substituents is 1. The Kier molecular flexibility index (Phi) is 4.09. The van der Waals surface area contributed by atoms with Gasteiger partial charge in [-0.1, -0.05) is 0 Å². The van der Waals surface area contributed by atoms with Crippen LogP contribution in [0.25, 0.3) is 0 Å². The van der Waals surface area contributed by atoms with Crippen molar-refractivity contribution in [3.63, 3.8) is 0 Å². The molecule has 1 aromatic carbocycles. The lowest BCUT2D eigenvalue weighted by Gasteiger charge is -2.35. The lowest BCUT2D eigenvalue weighted by molar-refractivity contribution is -0.384. The molecular weight excluding hydrogens is 237 g/mol. The third kappa shape index (κ3) is 2.95. The first-order valence-electron chi connectivity index (χ1n) is 5.98. The van der Waals surface area contributed by atoms with Gasteiger partial charge in [-0.15, -0.1) is 0 Å². The molecule has 18 heavy (non-hydrogen) atoms. The van der Waals surface area contributed by atoms with E-state index in [2.05, 4.69) is 9.80 Å². The molecule has 0 unspecified atom stereocenters. The number of benzene rings is 1. The number of alkyl halides is 1. The number of hydrogen-bond donors (Lipinski definition) is 0. The topological polar surface area (TPSA) is 49.6 Å². The zero-order valence-corrected chi connectivity index (χ0v) is 10.1. The molecule has 0 amide bonds. The summed E-state index contributed by atoms with van der Waals surface area (Å²) < 4.78 is 12.2. The van der Waals surface area contributed by atoms with Gasteiger partial charge >= 0.3 is 0 Å². The molecule has 1 heterocycles. The Morgan fingerprint density at radius 1 is 1.17 bits per heavy atom. The van der Waals surface area contributed by atoms with Crippen LogP contribution in [0.3, 0.4) is 0 Å². The zero-order valence-electron chi connectivity index (χ0n) is 10.1. The molecule has 0 atom stereocenters. The van der Waals surface area contributed by atoms with E-state index in [9.17, 15) is 14.5 Å². The second-order valence-electron chi connectivity index (χ2n) is 4.29. The Balaban J connectivity index is 1.95. The van der Waals surface area contributed by atoms with E-state index in [0.29, 0.717) is 6.54 Å². The summed E-state index contributed by atoms with van der Waals surface area (Å²) in [6, 6.07) is 6.57. The molecule has 6 heteroatoms. The molecule has 0 aromatic heterocycles. The fourth-order valence-electron chi connectivity index (χ4n) is 2.13. The van der Waals surface area contributed by atoms with Crippen molar-refractivity contribution < 1.29 is 9.31 Å². The third-order valence-corrected chi connectivity index (χ3v) is 3.20. The Morgan fingerprint density at radius 3 is 2.28 bits per heavy atom. The molecule has 0 radical (unpaired) electrons. The van der Waals surface area contributed by atoms with Crippen LogP contribution in [0.4, 0.5) is 15.8 Å². The van der Waals surface area contributed by atoms with Crippen molar-refractivity contribution in [2.45, 2.75) is 0 Å². The molecule has 1 aliphatic rings. The van der Waals surface area contributed by atoms with E-state index < -0.39 is 4.92 Å². The third-order valence-electron chi connectivity index (χ3n) is 3.20. The molecule has 1 aliphatic heterocycles. The lowest BCUT2D eigenvalue weighted by Crippen LogP contribution is -2.47. The molecule has 1 saturated heterocycles. The first-order chi connectivity index (χ1) is 8.70. The van der Waals surface area contributed by atoms with Crippen LogP contribution in [0.5, 0.6) is 0 Å². The number of anilines is 1. The van der Waals surface area contributed by atoms with Gasteiger partial charge in [-0.3, -0.25) is 15.0 Å². The largest absolute Gasteiger partial charge is 0.369 e. The normalized spacial score (nSPS) is 16.8. The van der Waals surface area contributed by atoms with E-state index in [1.807, 2.05) is 0 Å². The molecule has 0 saturated carbocycles. The fraction of sp³-hybridized carbons (Fsp3) is 0.500. The van der Waals surface area contributed by atoms with Crippen LogP contribution in [0.15, 0.2) is 24.3 Å². The highest BCUT2D eigenvalue weighted by atomic mass is 19.1. The predicted molar refractivity (Wildman–Crippen MR) is 67.7 cm³/mol. The Hall–Kier alpha value is -1.69. The Bertz CT molecular complexity index is 402. The van der Waals surface area contributed by atoms with Gasteiger partial charge in [0, 0.05) is 50.5 Å². The van der Waals surface area contributed by atoms with Crippen molar-refractivity contribution in [2.75, 3.05) is 44.3 Å². The number of halogens is 1. The van der Waals surface area contributed by atoms with Crippen molar-refractivity contribution in [3.8, 4) is 0 Å². The fourth-order valence-corrected chi connectivity index (χ4v) is 2.13. The number of nitrogens with zero attached hydrogens (tertiary/aromatic N) is 3. The summed E-state index contributed by atoms with van der Waals surface area (Å²) in [5.41, 5.74) is 1.09. The van der Waals surface area contributed by atoms with E-state index >= 15 is 0 Å². The van der Waals surface area contributed by atoms with Crippen molar-refractivity contribution >= 4 is 11.4 Å². The van der Waals surface area contributed by atoms with Gasteiger partial charge < -0.3 is 4.90 Å². The van der Waals surface area contributed by atoms with Gasteiger partial charge in [-0.25, -0.2) is 4.39 Å². The average molecular weight is 253 g/mol. The lowest BCUT2D eigenvalue weighted by atomic mass is 10.2. The summed E-state index contributed by atoms with van der Waals surface area (Å²) in [5, 5.41) is 10.6. The average Bonchev–Trinajstić information content (AvgIpc) is 2.40. The summed E-state index contributed by atoms with van der Waals surface area (Å²) in [6.07, 6.45) is 0. The molecule has 2 rings (SSSR count). The highest BCUT2D eigenvalue weighted by molar-refractivity contribution is 5.51. The quantitative estimate of drug-likeness (QED) is 0.605. The molecule has 1 fully saturated rings. The van der Waals surface area contributed by atoms with Crippen molar-refractivity contribution in [1.29, 1.82) is 0 Å². The van der Waals surface area contributed by atoms with Gasteiger partial charge in [-0.2, -0.15) is 0 Å². The molecular formula is C12H16FN3O2. The minimum absolute atomic E-state index is 0.106. The Morgan fingerprint density at radius 2 is 1.78 bits per heavy atom. The minimum atomic E-state index is -0.400. The number of piperazine rings is 1. The molecule has 0 bridgehead atoms. The van der Waals surface area contributed by atoms with Gasteiger partial charge in [0.2, 0.25) is 0 Å². The predicted octanol–water partition coefficient (Wildman–Crippen LogP) is 1.69. The van der Waals surface area contributed by atoms with Crippen LogP contribution < -0.4 is 4.90 Å². The maximum absolute atomic E-state index is 12.2. The van der Waals surface area contributed by atoms with Crippen molar-refractivity contribution in [3.05, 3.63) is 34.4 Å². The highest BCUT2D eigenvalue weighted by Crippen LogP contribution is 2.20. The summed E-state index contributed by atoms with van der Waals surface area (Å²) in [4.78, 5) is 14.4. The van der Waals surface area contributed by atoms with Gasteiger partial charge in [0.1, 0.15) is 6.67 Å². The zero-order chi connectivity index (χ0) is 13.0. The molecule has 1 aromatic rings. The van der Waals surface area contributed by atoms with Crippen LogP contribution in [0, 0.1) is 10.1 Å². The molecule has 0 aliphatic carbocycles. The smallest absolute Gasteiger partial charge is 0.269 e. The monoisotopic (exact) mass is 253 g/mol. The summed E-state index contributed by atoms with van der Waals surface area (Å²) in [7, 11) is 0. The van der Waals surface area contributed by atoms with E-state index in [1.54, 1.807) is 12.1 Å². The van der Waals surface area contributed by atoms with Crippen LogP contribution in [-0.2, 0) is 0 Å². The first-order valence-corrected chi connectivity index (χ1v) is 5.98. The molecule has 5 nitrogen and oxygen atoms in total. The van der Waals surface area contributed by atoms with Crippen LogP contribution in [0.1, 0.15) is 0 Å². The van der Waals surface area contributed by atoms with Crippen LogP contribution >= 0.6 is 0 Å². The second kappa shape index (κ2) is 5.77. The van der Waals surface area contributed by atoms with Crippen LogP contribution in [-0.4, -0.2) is 49.2 Å². The SMILES string of the molecule is O=[N+]([O-])c1ccc(N2CCN(CCF)CC2)cc1.